The third-order valence-corrected chi connectivity index (χ3v) is 2.10. The molecule has 0 bridgehead atoms. The summed E-state index contributed by atoms with van der Waals surface area (Å²) >= 11 is 4.51. The predicted molar refractivity (Wildman–Crippen MR) is 61.9 cm³/mol. The number of rotatable bonds is 3. The standard InChI is InChI=1S/C10H10N2O2S/c1-7(2)9-5-8(12(13)14)3-4-10(9)11-6-15/h3-5,7H,1-2H3. The first-order chi connectivity index (χ1) is 7.06. The van der Waals surface area contributed by atoms with Crippen LogP contribution in [0.2, 0.25) is 0 Å². The van der Waals surface area contributed by atoms with Crippen LogP contribution in [0, 0.1) is 10.1 Å². The van der Waals surface area contributed by atoms with Gasteiger partial charge in [0, 0.05) is 12.1 Å². The summed E-state index contributed by atoms with van der Waals surface area (Å²) in [5, 5.41) is 12.9. The lowest BCUT2D eigenvalue weighted by molar-refractivity contribution is -0.384. The maximum Gasteiger partial charge on any atom is 0.269 e. The van der Waals surface area contributed by atoms with Crippen LogP contribution >= 0.6 is 12.2 Å². The lowest BCUT2D eigenvalue weighted by Gasteiger charge is -2.07. The van der Waals surface area contributed by atoms with Gasteiger partial charge in [-0.1, -0.05) is 13.8 Å². The van der Waals surface area contributed by atoms with Crippen molar-refractivity contribution in [2.75, 3.05) is 0 Å². The smallest absolute Gasteiger partial charge is 0.258 e. The van der Waals surface area contributed by atoms with Gasteiger partial charge in [0.05, 0.1) is 15.8 Å². The minimum absolute atomic E-state index is 0.0713. The molecule has 78 valence electrons. The normalized spacial score (nSPS) is 9.80. The van der Waals surface area contributed by atoms with E-state index < -0.39 is 4.92 Å². The molecule has 0 fully saturated rings. The lowest BCUT2D eigenvalue weighted by Crippen LogP contribution is -1.93. The van der Waals surface area contributed by atoms with E-state index in [1.165, 1.54) is 12.1 Å². The van der Waals surface area contributed by atoms with Gasteiger partial charge in [-0.3, -0.25) is 10.1 Å². The van der Waals surface area contributed by atoms with Crippen molar-refractivity contribution in [3.05, 3.63) is 33.9 Å². The molecule has 0 aromatic heterocycles. The summed E-state index contributed by atoms with van der Waals surface area (Å²) in [6.45, 7) is 3.89. The fourth-order valence-corrected chi connectivity index (χ4v) is 1.37. The van der Waals surface area contributed by atoms with Crippen molar-refractivity contribution in [1.29, 1.82) is 0 Å². The van der Waals surface area contributed by atoms with Gasteiger partial charge in [-0.2, -0.15) is 4.99 Å². The van der Waals surface area contributed by atoms with E-state index in [-0.39, 0.29) is 11.6 Å². The molecule has 0 aliphatic carbocycles. The Morgan fingerprint density at radius 2 is 2.20 bits per heavy atom. The number of aliphatic imine (C=N–C) groups is 1. The summed E-state index contributed by atoms with van der Waals surface area (Å²) in [5.74, 6) is 0.159. The molecule has 1 aromatic rings. The van der Waals surface area contributed by atoms with E-state index in [0.29, 0.717) is 5.69 Å². The summed E-state index contributed by atoms with van der Waals surface area (Å²) in [6.07, 6.45) is 0. The predicted octanol–water partition coefficient (Wildman–Crippen LogP) is 3.45. The SMILES string of the molecule is CC(C)c1cc([N+](=O)[O-])ccc1N=C=S. The van der Waals surface area contributed by atoms with Crippen LogP contribution in [-0.4, -0.2) is 10.1 Å². The first-order valence-electron chi connectivity index (χ1n) is 4.42. The van der Waals surface area contributed by atoms with Crippen LogP contribution in [-0.2, 0) is 0 Å². The number of isothiocyanates is 1. The molecular weight excluding hydrogens is 212 g/mol. The van der Waals surface area contributed by atoms with E-state index in [0.717, 1.165) is 5.56 Å². The van der Waals surface area contributed by atoms with Gasteiger partial charge in [0.15, 0.2) is 0 Å². The highest BCUT2D eigenvalue weighted by molar-refractivity contribution is 7.78. The minimum atomic E-state index is -0.420. The average Bonchev–Trinajstić information content (AvgIpc) is 2.18. The largest absolute Gasteiger partial charge is 0.269 e. The van der Waals surface area contributed by atoms with Crippen molar-refractivity contribution < 1.29 is 4.92 Å². The van der Waals surface area contributed by atoms with Gasteiger partial charge in [-0.25, -0.2) is 0 Å². The molecule has 0 atom stereocenters. The molecular formula is C10H10N2O2S. The quantitative estimate of drug-likeness (QED) is 0.340. The summed E-state index contributed by atoms with van der Waals surface area (Å²) < 4.78 is 0. The molecule has 0 saturated carbocycles. The van der Waals surface area contributed by atoms with E-state index in [1.54, 1.807) is 6.07 Å². The second kappa shape index (κ2) is 4.77. The average molecular weight is 222 g/mol. The van der Waals surface area contributed by atoms with Crippen molar-refractivity contribution in [1.82, 2.24) is 0 Å². The molecule has 0 amide bonds. The third kappa shape index (κ3) is 2.68. The molecule has 0 aliphatic heterocycles. The third-order valence-electron chi connectivity index (χ3n) is 2.01. The number of nitro benzene ring substituents is 1. The Balaban J connectivity index is 3.32. The number of nitro groups is 1. The van der Waals surface area contributed by atoms with Crippen molar-refractivity contribution in [3.8, 4) is 0 Å². The number of nitrogens with zero attached hydrogens (tertiary/aromatic N) is 2. The number of hydrogen-bond donors (Lipinski definition) is 0. The van der Waals surface area contributed by atoms with Crippen molar-refractivity contribution in [2.45, 2.75) is 19.8 Å². The van der Waals surface area contributed by atoms with Crippen LogP contribution in [0.1, 0.15) is 25.3 Å². The van der Waals surface area contributed by atoms with E-state index in [1.807, 2.05) is 13.8 Å². The van der Waals surface area contributed by atoms with Crippen LogP contribution in [0.15, 0.2) is 23.2 Å². The fraction of sp³-hybridized carbons (Fsp3) is 0.300. The van der Waals surface area contributed by atoms with Crippen LogP contribution in [0.3, 0.4) is 0 Å². The van der Waals surface area contributed by atoms with E-state index in [4.69, 9.17) is 0 Å². The molecule has 0 heterocycles. The molecule has 0 aliphatic rings. The van der Waals surface area contributed by atoms with Gasteiger partial charge in [0.1, 0.15) is 0 Å². The van der Waals surface area contributed by atoms with Crippen molar-refractivity contribution in [3.63, 3.8) is 0 Å². The number of hydrogen-bond acceptors (Lipinski definition) is 4. The zero-order valence-corrected chi connectivity index (χ0v) is 9.25. The highest BCUT2D eigenvalue weighted by Crippen LogP contribution is 2.30. The second-order valence-electron chi connectivity index (χ2n) is 3.36. The number of non-ortho nitro benzene ring substituents is 1. The second-order valence-corrected chi connectivity index (χ2v) is 3.54. The van der Waals surface area contributed by atoms with E-state index in [2.05, 4.69) is 22.4 Å². The molecule has 0 radical (unpaired) electrons. The maximum absolute atomic E-state index is 10.6. The van der Waals surface area contributed by atoms with Crippen molar-refractivity contribution in [2.24, 2.45) is 4.99 Å². The number of benzene rings is 1. The molecule has 0 N–H and O–H groups in total. The van der Waals surface area contributed by atoms with Crippen LogP contribution in [0.25, 0.3) is 0 Å². The first-order valence-corrected chi connectivity index (χ1v) is 4.83. The van der Waals surface area contributed by atoms with Crippen LogP contribution in [0.4, 0.5) is 11.4 Å². The Bertz CT molecular complexity index is 437. The maximum atomic E-state index is 10.6. The van der Waals surface area contributed by atoms with Gasteiger partial charge < -0.3 is 0 Å². The molecule has 0 unspecified atom stereocenters. The minimum Gasteiger partial charge on any atom is -0.258 e. The fourth-order valence-electron chi connectivity index (χ4n) is 1.27. The Morgan fingerprint density at radius 3 is 2.67 bits per heavy atom. The monoisotopic (exact) mass is 222 g/mol. The summed E-state index contributed by atoms with van der Waals surface area (Å²) in [6, 6.07) is 4.53. The molecule has 5 heteroatoms. The van der Waals surface area contributed by atoms with Crippen LogP contribution < -0.4 is 0 Å². The van der Waals surface area contributed by atoms with Gasteiger partial charge in [-0.05, 0) is 29.8 Å². The topological polar surface area (TPSA) is 55.5 Å². The zero-order chi connectivity index (χ0) is 11.4. The van der Waals surface area contributed by atoms with Crippen molar-refractivity contribution >= 4 is 28.8 Å². The zero-order valence-electron chi connectivity index (χ0n) is 8.43. The van der Waals surface area contributed by atoms with E-state index >= 15 is 0 Å². The molecule has 4 nitrogen and oxygen atoms in total. The summed E-state index contributed by atoms with van der Waals surface area (Å²) in [4.78, 5) is 14.0. The lowest BCUT2D eigenvalue weighted by atomic mass is 10.0. The Labute approximate surface area is 92.8 Å². The highest BCUT2D eigenvalue weighted by Gasteiger charge is 2.12. The van der Waals surface area contributed by atoms with Gasteiger partial charge in [0.2, 0.25) is 0 Å². The molecule has 1 aromatic carbocycles. The molecule has 1 rings (SSSR count). The van der Waals surface area contributed by atoms with Gasteiger partial charge >= 0.3 is 0 Å². The summed E-state index contributed by atoms with van der Waals surface area (Å²) in [5.41, 5.74) is 1.52. The Morgan fingerprint density at radius 1 is 1.53 bits per heavy atom. The number of thiocarbonyl (C=S) groups is 1. The Hall–Kier alpha value is -1.58. The van der Waals surface area contributed by atoms with Gasteiger partial charge in [-0.15, -0.1) is 0 Å². The first kappa shape index (κ1) is 11.5. The summed E-state index contributed by atoms with van der Waals surface area (Å²) in [7, 11) is 0. The van der Waals surface area contributed by atoms with Crippen LogP contribution in [0.5, 0.6) is 0 Å². The molecule has 0 spiro atoms. The highest BCUT2D eigenvalue weighted by atomic mass is 32.1. The van der Waals surface area contributed by atoms with Gasteiger partial charge in [0.25, 0.3) is 5.69 Å². The molecule has 0 saturated heterocycles. The van der Waals surface area contributed by atoms with E-state index in [9.17, 15) is 10.1 Å². The molecule has 15 heavy (non-hydrogen) atoms. The Kier molecular flexibility index (Phi) is 3.66.